The van der Waals surface area contributed by atoms with Crippen LogP contribution in [0.1, 0.15) is 30.9 Å². The Bertz CT molecular complexity index is 739. The first-order valence-corrected chi connectivity index (χ1v) is 7.36. The molecule has 4 nitrogen and oxygen atoms in total. The van der Waals surface area contributed by atoms with Gasteiger partial charge in [0.15, 0.2) is 5.76 Å². The lowest BCUT2D eigenvalue weighted by Crippen LogP contribution is -2.21. The zero-order valence-electron chi connectivity index (χ0n) is 12.8. The van der Waals surface area contributed by atoms with E-state index in [-0.39, 0.29) is 0 Å². The average molecular weight is 283 g/mol. The Morgan fingerprint density at radius 2 is 2.14 bits per heavy atom. The Hall–Kier alpha value is -2.07. The van der Waals surface area contributed by atoms with Gasteiger partial charge >= 0.3 is 0 Å². The number of aryl methyl sites for hydroxylation is 1. The summed E-state index contributed by atoms with van der Waals surface area (Å²) in [5, 5.41) is 8.72. The topological polar surface area (TPSA) is 43.0 Å². The summed E-state index contributed by atoms with van der Waals surface area (Å²) < 4.78 is 7.52. The normalized spacial score (nSPS) is 11.6. The van der Waals surface area contributed by atoms with E-state index in [1.165, 1.54) is 16.5 Å². The largest absolute Gasteiger partial charge is 0.359 e. The number of rotatable bonds is 5. The molecule has 3 aromatic rings. The zero-order chi connectivity index (χ0) is 14.8. The van der Waals surface area contributed by atoms with Crippen LogP contribution in [-0.4, -0.2) is 15.8 Å². The maximum atomic E-state index is 5.31. The molecule has 1 N–H and O–H groups in total. The second-order valence-corrected chi connectivity index (χ2v) is 5.76. The molecule has 0 radical (unpaired) electrons. The summed E-state index contributed by atoms with van der Waals surface area (Å²) in [4.78, 5) is 0. The highest BCUT2D eigenvalue weighted by Crippen LogP contribution is 2.21. The number of benzene rings is 1. The first-order chi connectivity index (χ1) is 10.1. The fraction of sp³-hybridized carbons (Fsp3) is 0.353. The molecular weight excluding hydrogens is 262 g/mol. The number of nitrogens with one attached hydrogen (secondary N) is 1. The van der Waals surface area contributed by atoms with Crippen molar-refractivity contribution in [2.75, 3.05) is 0 Å². The van der Waals surface area contributed by atoms with E-state index >= 15 is 0 Å². The maximum Gasteiger partial charge on any atom is 0.156 e. The van der Waals surface area contributed by atoms with Gasteiger partial charge in [-0.15, -0.1) is 0 Å². The van der Waals surface area contributed by atoms with Crippen molar-refractivity contribution in [3.63, 3.8) is 0 Å². The van der Waals surface area contributed by atoms with Crippen LogP contribution in [0.5, 0.6) is 0 Å². The second kappa shape index (κ2) is 5.74. The molecular formula is C17H21N3O. The van der Waals surface area contributed by atoms with Gasteiger partial charge in [0.25, 0.3) is 0 Å². The van der Waals surface area contributed by atoms with E-state index in [4.69, 9.17) is 4.52 Å². The third-order valence-electron chi connectivity index (χ3n) is 3.61. The lowest BCUT2D eigenvalue weighted by Gasteiger charge is -2.10. The van der Waals surface area contributed by atoms with Crippen LogP contribution in [0.25, 0.3) is 10.9 Å². The molecule has 0 amide bonds. The van der Waals surface area contributed by atoms with Crippen LogP contribution in [0.4, 0.5) is 0 Å². The van der Waals surface area contributed by atoms with Gasteiger partial charge in [0.05, 0.1) is 12.2 Å². The van der Waals surface area contributed by atoms with Crippen molar-refractivity contribution in [3.05, 3.63) is 53.5 Å². The zero-order valence-corrected chi connectivity index (χ0v) is 12.8. The number of hydrogen-bond donors (Lipinski definition) is 1. The molecule has 0 aliphatic heterocycles. The van der Waals surface area contributed by atoms with Gasteiger partial charge in [-0.25, -0.2) is 0 Å². The smallest absolute Gasteiger partial charge is 0.156 e. The van der Waals surface area contributed by atoms with Crippen molar-refractivity contribution >= 4 is 10.9 Å². The fourth-order valence-electron chi connectivity index (χ4n) is 2.55. The van der Waals surface area contributed by atoms with Crippen LogP contribution in [-0.2, 0) is 13.1 Å². The number of aromatic nitrogens is 2. The molecule has 4 heteroatoms. The van der Waals surface area contributed by atoms with E-state index in [1.54, 1.807) is 0 Å². The fourth-order valence-corrected chi connectivity index (χ4v) is 2.55. The van der Waals surface area contributed by atoms with Gasteiger partial charge in [-0.05, 0) is 24.6 Å². The van der Waals surface area contributed by atoms with Crippen molar-refractivity contribution in [1.82, 2.24) is 15.0 Å². The van der Waals surface area contributed by atoms with E-state index in [0.717, 1.165) is 18.0 Å². The highest BCUT2D eigenvalue weighted by atomic mass is 16.5. The molecule has 0 bridgehead atoms. The molecule has 0 fully saturated rings. The summed E-state index contributed by atoms with van der Waals surface area (Å²) in [5.41, 5.74) is 3.48. The Kier molecular flexibility index (Phi) is 3.80. The molecule has 0 saturated heterocycles. The van der Waals surface area contributed by atoms with Crippen molar-refractivity contribution < 1.29 is 4.52 Å². The SMILES string of the molecule is Cc1cc(Cn2ccc3c(CNC(C)C)cccc32)on1. The lowest BCUT2D eigenvalue weighted by molar-refractivity contribution is 0.374. The van der Waals surface area contributed by atoms with Gasteiger partial charge in [0.1, 0.15) is 0 Å². The first kappa shape index (κ1) is 13.9. The van der Waals surface area contributed by atoms with Crippen molar-refractivity contribution in [3.8, 4) is 0 Å². The van der Waals surface area contributed by atoms with E-state index in [1.807, 2.05) is 13.0 Å². The third-order valence-corrected chi connectivity index (χ3v) is 3.61. The Morgan fingerprint density at radius 3 is 2.86 bits per heavy atom. The molecule has 1 aromatic carbocycles. The van der Waals surface area contributed by atoms with Crippen LogP contribution in [0.2, 0.25) is 0 Å². The van der Waals surface area contributed by atoms with Crippen LogP contribution >= 0.6 is 0 Å². The molecule has 0 saturated carbocycles. The van der Waals surface area contributed by atoms with E-state index < -0.39 is 0 Å². The Morgan fingerprint density at radius 1 is 1.29 bits per heavy atom. The molecule has 0 spiro atoms. The summed E-state index contributed by atoms with van der Waals surface area (Å²) >= 11 is 0. The number of hydrogen-bond acceptors (Lipinski definition) is 3. The summed E-state index contributed by atoms with van der Waals surface area (Å²) in [6.45, 7) is 7.87. The predicted octanol–water partition coefficient (Wildman–Crippen LogP) is 3.48. The highest BCUT2D eigenvalue weighted by molar-refractivity contribution is 5.83. The monoisotopic (exact) mass is 283 g/mol. The molecule has 0 aliphatic carbocycles. The van der Waals surface area contributed by atoms with Crippen molar-refractivity contribution in [1.29, 1.82) is 0 Å². The molecule has 0 unspecified atom stereocenters. The molecule has 2 aromatic heterocycles. The maximum absolute atomic E-state index is 5.31. The number of fused-ring (bicyclic) bond motifs is 1. The van der Waals surface area contributed by atoms with Gasteiger partial charge in [-0.2, -0.15) is 0 Å². The molecule has 0 atom stereocenters. The van der Waals surface area contributed by atoms with Crippen LogP contribution in [0.15, 0.2) is 41.1 Å². The lowest BCUT2D eigenvalue weighted by atomic mass is 10.1. The number of nitrogens with zero attached hydrogens (tertiary/aromatic N) is 2. The van der Waals surface area contributed by atoms with Crippen LogP contribution < -0.4 is 5.32 Å². The van der Waals surface area contributed by atoms with Crippen molar-refractivity contribution in [2.24, 2.45) is 0 Å². The summed E-state index contributed by atoms with van der Waals surface area (Å²) in [5.74, 6) is 0.885. The van der Waals surface area contributed by atoms with Crippen molar-refractivity contribution in [2.45, 2.75) is 39.9 Å². The summed E-state index contributed by atoms with van der Waals surface area (Å²) in [7, 11) is 0. The quantitative estimate of drug-likeness (QED) is 0.779. The molecule has 3 rings (SSSR count). The van der Waals surface area contributed by atoms with Crippen LogP contribution in [0.3, 0.4) is 0 Å². The molecule has 110 valence electrons. The Balaban J connectivity index is 1.89. The molecule has 0 aliphatic rings. The Labute approximate surface area is 124 Å². The van der Waals surface area contributed by atoms with Gasteiger partial charge in [0, 0.05) is 35.8 Å². The minimum absolute atomic E-state index is 0.486. The standard InChI is InChI=1S/C17H21N3O/c1-12(2)18-10-14-5-4-6-17-16(14)7-8-20(17)11-15-9-13(3)19-21-15/h4-9,12,18H,10-11H2,1-3H3. The average Bonchev–Trinajstić information content (AvgIpc) is 3.04. The first-order valence-electron chi connectivity index (χ1n) is 7.36. The molecule has 2 heterocycles. The predicted molar refractivity (Wildman–Crippen MR) is 84.3 cm³/mol. The van der Waals surface area contributed by atoms with Gasteiger partial charge in [0.2, 0.25) is 0 Å². The van der Waals surface area contributed by atoms with Gasteiger partial charge in [-0.3, -0.25) is 0 Å². The molecule has 21 heavy (non-hydrogen) atoms. The third kappa shape index (κ3) is 3.00. The van der Waals surface area contributed by atoms with E-state index in [9.17, 15) is 0 Å². The van der Waals surface area contributed by atoms with E-state index in [0.29, 0.717) is 12.6 Å². The highest BCUT2D eigenvalue weighted by Gasteiger charge is 2.08. The van der Waals surface area contributed by atoms with Crippen LogP contribution in [0, 0.1) is 6.92 Å². The summed E-state index contributed by atoms with van der Waals surface area (Å²) in [6, 6.07) is 11.1. The van der Waals surface area contributed by atoms with E-state index in [2.05, 4.69) is 59.4 Å². The van der Waals surface area contributed by atoms with Gasteiger partial charge < -0.3 is 14.4 Å². The minimum atomic E-state index is 0.486. The minimum Gasteiger partial charge on any atom is -0.359 e. The summed E-state index contributed by atoms with van der Waals surface area (Å²) in [6.07, 6.45) is 2.11. The second-order valence-electron chi connectivity index (χ2n) is 5.76. The van der Waals surface area contributed by atoms with Gasteiger partial charge in [-0.1, -0.05) is 31.1 Å².